The molecule has 6 nitrogen and oxygen atoms in total. The Morgan fingerprint density at radius 2 is 1.91 bits per heavy atom. The van der Waals surface area contributed by atoms with Gasteiger partial charge in [0.1, 0.15) is 6.04 Å². The smallest absolute Gasteiger partial charge is 0.326 e. The first-order chi connectivity index (χ1) is 10.3. The summed E-state index contributed by atoms with van der Waals surface area (Å²) in [6.45, 7) is 7.63. The van der Waals surface area contributed by atoms with Crippen LogP contribution in [0, 0.1) is 5.92 Å². The zero-order valence-electron chi connectivity index (χ0n) is 13.2. The fraction of sp³-hybridized carbons (Fsp3) is 0.438. The van der Waals surface area contributed by atoms with E-state index in [2.05, 4.69) is 24.1 Å². The highest BCUT2D eigenvalue weighted by atomic mass is 16.4. The van der Waals surface area contributed by atoms with Crippen molar-refractivity contribution in [3.8, 4) is 0 Å². The van der Waals surface area contributed by atoms with Crippen LogP contribution in [0.25, 0.3) is 11.0 Å². The van der Waals surface area contributed by atoms with Gasteiger partial charge in [0.25, 0.3) is 5.91 Å². The lowest BCUT2D eigenvalue weighted by Crippen LogP contribution is -2.44. The van der Waals surface area contributed by atoms with Gasteiger partial charge in [-0.25, -0.2) is 9.78 Å². The molecular formula is C16H21N3O3. The highest BCUT2D eigenvalue weighted by molar-refractivity contribution is 5.99. The first-order valence-electron chi connectivity index (χ1n) is 7.31. The van der Waals surface area contributed by atoms with Crippen molar-refractivity contribution < 1.29 is 14.7 Å². The number of carboxylic acids is 1. The van der Waals surface area contributed by atoms with Crippen molar-refractivity contribution in [1.82, 2.24) is 14.9 Å². The molecule has 0 aliphatic heterocycles. The summed E-state index contributed by atoms with van der Waals surface area (Å²) in [5.41, 5.74) is 2.08. The Kier molecular flexibility index (Phi) is 4.49. The van der Waals surface area contributed by atoms with Crippen molar-refractivity contribution >= 4 is 22.9 Å². The van der Waals surface area contributed by atoms with Crippen LogP contribution in [-0.2, 0) is 4.79 Å². The Hall–Kier alpha value is -2.37. The number of hydrogen-bond donors (Lipinski definition) is 2. The third-order valence-electron chi connectivity index (χ3n) is 3.61. The number of amides is 1. The van der Waals surface area contributed by atoms with Crippen molar-refractivity contribution in [1.29, 1.82) is 0 Å². The predicted octanol–water partition coefficient (Wildman–Crippen LogP) is 2.46. The van der Waals surface area contributed by atoms with Crippen molar-refractivity contribution in [2.24, 2.45) is 5.92 Å². The van der Waals surface area contributed by atoms with E-state index in [1.165, 1.54) is 0 Å². The molecule has 0 aliphatic carbocycles. The number of benzene rings is 1. The van der Waals surface area contributed by atoms with E-state index in [1.807, 2.05) is 10.6 Å². The van der Waals surface area contributed by atoms with Gasteiger partial charge in [0.2, 0.25) is 0 Å². The molecule has 6 heteroatoms. The second-order valence-electron chi connectivity index (χ2n) is 5.98. The maximum atomic E-state index is 12.2. The van der Waals surface area contributed by atoms with Gasteiger partial charge < -0.3 is 15.0 Å². The van der Waals surface area contributed by atoms with Gasteiger partial charge in [-0.2, -0.15) is 0 Å². The minimum absolute atomic E-state index is 0.190. The Labute approximate surface area is 129 Å². The number of fused-ring (bicyclic) bond motifs is 1. The van der Waals surface area contributed by atoms with Crippen LogP contribution in [0.3, 0.4) is 0 Å². The number of nitrogens with one attached hydrogen (secondary N) is 1. The number of carbonyl (C=O) groups is 2. The van der Waals surface area contributed by atoms with Gasteiger partial charge in [0.05, 0.1) is 17.4 Å². The number of aliphatic carboxylic acids is 1. The standard InChI is InChI=1S/C16H21N3O3/c1-9(2)14(16(21)22)18-15(20)11-5-6-13-12(7-11)17-8-19(13)10(3)4/h5-10,14H,1-4H3,(H,18,20)(H,21,22)/t14-/m0/s1. The van der Waals surface area contributed by atoms with Crippen LogP contribution < -0.4 is 5.32 Å². The predicted molar refractivity (Wildman–Crippen MR) is 83.8 cm³/mol. The third kappa shape index (κ3) is 3.10. The molecule has 0 unspecified atom stereocenters. The lowest BCUT2D eigenvalue weighted by Gasteiger charge is -2.17. The SMILES string of the molecule is CC(C)[C@H](NC(=O)c1ccc2c(c1)ncn2C(C)C)C(=O)O. The summed E-state index contributed by atoms with van der Waals surface area (Å²) in [5, 5.41) is 11.7. The molecule has 0 saturated heterocycles. The molecule has 0 bridgehead atoms. The third-order valence-corrected chi connectivity index (χ3v) is 3.61. The summed E-state index contributed by atoms with van der Waals surface area (Å²) >= 11 is 0. The van der Waals surface area contributed by atoms with Gasteiger partial charge in [-0.05, 0) is 38.0 Å². The Morgan fingerprint density at radius 1 is 1.23 bits per heavy atom. The van der Waals surface area contributed by atoms with Crippen LogP contribution in [0.1, 0.15) is 44.1 Å². The molecule has 2 aromatic rings. The monoisotopic (exact) mass is 303 g/mol. The molecule has 0 spiro atoms. The minimum Gasteiger partial charge on any atom is -0.480 e. The van der Waals surface area contributed by atoms with E-state index >= 15 is 0 Å². The van der Waals surface area contributed by atoms with E-state index in [0.717, 1.165) is 11.0 Å². The van der Waals surface area contributed by atoms with Crippen LogP contribution in [0.5, 0.6) is 0 Å². The number of carbonyl (C=O) groups excluding carboxylic acids is 1. The molecule has 1 atom stereocenters. The molecule has 2 rings (SSSR count). The normalized spacial score (nSPS) is 12.8. The minimum atomic E-state index is -1.03. The van der Waals surface area contributed by atoms with E-state index in [1.54, 1.807) is 32.3 Å². The van der Waals surface area contributed by atoms with Gasteiger partial charge >= 0.3 is 5.97 Å². The highest BCUT2D eigenvalue weighted by Gasteiger charge is 2.24. The fourth-order valence-electron chi connectivity index (χ4n) is 2.32. The van der Waals surface area contributed by atoms with E-state index < -0.39 is 17.9 Å². The number of carboxylic acid groups (broad SMARTS) is 1. The van der Waals surface area contributed by atoms with Crippen molar-refractivity contribution in [2.75, 3.05) is 0 Å². The molecule has 1 amide bonds. The largest absolute Gasteiger partial charge is 0.480 e. The quantitative estimate of drug-likeness (QED) is 0.888. The average molecular weight is 303 g/mol. The summed E-state index contributed by atoms with van der Waals surface area (Å²) in [4.78, 5) is 27.7. The molecule has 0 radical (unpaired) electrons. The first kappa shape index (κ1) is 16.0. The molecule has 0 fully saturated rings. The zero-order chi connectivity index (χ0) is 16.4. The highest BCUT2D eigenvalue weighted by Crippen LogP contribution is 2.19. The maximum Gasteiger partial charge on any atom is 0.326 e. The maximum absolute atomic E-state index is 12.2. The van der Waals surface area contributed by atoms with Crippen LogP contribution in [-0.4, -0.2) is 32.6 Å². The Balaban J connectivity index is 2.27. The number of rotatable bonds is 5. The number of imidazole rings is 1. The molecule has 118 valence electrons. The fourth-order valence-corrected chi connectivity index (χ4v) is 2.32. The van der Waals surface area contributed by atoms with Gasteiger partial charge in [-0.1, -0.05) is 13.8 Å². The lowest BCUT2D eigenvalue weighted by molar-refractivity contribution is -0.140. The summed E-state index contributed by atoms with van der Waals surface area (Å²) in [7, 11) is 0. The van der Waals surface area contributed by atoms with Crippen molar-refractivity contribution in [3.05, 3.63) is 30.1 Å². The molecule has 1 aromatic carbocycles. The van der Waals surface area contributed by atoms with Gasteiger partial charge in [-0.15, -0.1) is 0 Å². The van der Waals surface area contributed by atoms with E-state index in [4.69, 9.17) is 5.11 Å². The van der Waals surface area contributed by atoms with E-state index in [9.17, 15) is 9.59 Å². The average Bonchev–Trinajstić information content (AvgIpc) is 2.86. The van der Waals surface area contributed by atoms with E-state index in [-0.39, 0.29) is 12.0 Å². The summed E-state index contributed by atoms with van der Waals surface area (Å²) in [5.74, 6) is -1.62. The first-order valence-corrected chi connectivity index (χ1v) is 7.31. The van der Waals surface area contributed by atoms with E-state index in [0.29, 0.717) is 5.56 Å². The number of aromatic nitrogens is 2. The van der Waals surface area contributed by atoms with Crippen LogP contribution >= 0.6 is 0 Å². The Morgan fingerprint density at radius 3 is 2.45 bits per heavy atom. The molecular weight excluding hydrogens is 282 g/mol. The lowest BCUT2D eigenvalue weighted by atomic mass is 10.0. The van der Waals surface area contributed by atoms with Crippen molar-refractivity contribution in [2.45, 2.75) is 39.8 Å². The molecule has 1 aromatic heterocycles. The molecule has 1 heterocycles. The second-order valence-corrected chi connectivity index (χ2v) is 5.98. The summed E-state index contributed by atoms with van der Waals surface area (Å²) in [6, 6.07) is 4.58. The molecule has 22 heavy (non-hydrogen) atoms. The molecule has 0 saturated carbocycles. The van der Waals surface area contributed by atoms with Gasteiger partial charge in [0.15, 0.2) is 0 Å². The summed E-state index contributed by atoms with van der Waals surface area (Å²) < 4.78 is 2.02. The topological polar surface area (TPSA) is 84.2 Å². The summed E-state index contributed by atoms with van der Waals surface area (Å²) in [6.07, 6.45) is 1.74. The Bertz CT molecular complexity index is 704. The van der Waals surface area contributed by atoms with Gasteiger partial charge in [-0.3, -0.25) is 4.79 Å². The van der Waals surface area contributed by atoms with Crippen LogP contribution in [0.15, 0.2) is 24.5 Å². The van der Waals surface area contributed by atoms with Crippen LogP contribution in [0.2, 0.25) is 0 Å². The number of hydrogen-bond acceptors (Lipinski definition) is 3. The zero-order valence-corrected chi connectivity index (χ0v) is 13.2. The number of nitrogens with zero attached hydrogens (tertiary/aromatic N) is 2. The molecule has 2 N–H and O–H groups in total. The van der Waals surface area contributed by atoms with Crippen LogP contribution in [0.4, 0.5) is 0 Å². The van der Waals surface area contributed by atoms with Gasteiger partial charge in [0, 0.05) is 11.6 Å². The molecule has 0 aliphatic rings. The van der Waals surface area contributed by atoms with Crippen molar-refractivity contribution in [3.63, 3.8) is 0 Å². The second kappa shape index (κ2) is 6.17.